The monoisotopic (exact) mass is 474 g/mol. The van der Waals surface area contributed by atoms with Gasteiger partial charge in [-0.15, -0.1) is 0 Å². The second-order valence-corrected chi connectivity index (χ2v) is 10.1. The summed E-state index contributed by atoms with van der Waals surface area (Å²) < 4.78 is 37.9. The van der Waals surface area contributed by atoms with Crippen LogP contribution in [0.25, 0.3) is 0 Å². The van der Waals surface area contributed by atoms with Crippen molar-refractivity contribution >= 4 is 21.9 Å². The van der Waals surface area contributed by atoms with Crippen molar-refractivity contribution in [2.24, 2.45) is 0 Å². The number of carbonyl (C=O) groups excluding carboxylic acids is 2. The van der Waals surface area contributed by atoms with Gasteiger partial charge in [0.25, 0.3) is 5.91 Å². The second-order valence-electron chi connectivity index (χ2n) is 8.17. The number of carbonyl (C=O) groups is 2. The Kier molecular flexibility index (Phi) is 8.23. The van der Waals surface area contributed by atoms with E-state index < -0.39 is 27.9 Å². The van der Waals surface area contributed by atoms with Crippen LogP contribution in [0, 0.1) is 6.92 Å². The van der Waals surface area contributed by atoms with E-state index in [4.69, 9.17) is 9.47 Å². The van der Waals surface area contributed by atoms with Crippen LogP contribution in [0.15, 0.2) is 53.4 Å². The molecule has 0 radical (unpaired) electrons. The Morgan fingerprint density at radius 2 is 1.76 bits per heavy atom. The first-order chi connectivity index (χ1) is 15.7. The molecular formula is C24H30N2O6S. The normalized spacial score (nSPS) is 15.8. The number of nitrogens with zero attached hydrogens (tertiary/aromatic N) is 1. The number of benzene rings is 2. The van der Waals surface area contributed by atoms with Crippen LogP contribution in [0.1, 0.15) is 47.8 Å². The summed E-state index contributed by atoms with van der Waals surface area (Å²) in [6, 6.07) is 13.0. The molecule has 1 amide bonds. The fourth-order valence-electron chi connectivity index (χ4n) is 3.59. The second kappa shape index (κ2) is 10.9. The van der Waals surface area contributed by atoms with Crippen LogP contribution >= 0.6 is 0 Å². The van der Waals surface area contributed by atoms with Gasteiger partial charge in [0.15, 0.2) is 0 Å². The van der Waals surface area contributed by atoms with Crippen molar-refractivity contribution in [3.05, 3.63) is 65.2 Å². The number of sulfonamides is 1. The minimum absolute atomic E-state index is 0.0429. The fourth-order valence-corrected chi connectivity index (χ4v) is 5.03. The highest BCUT2D eigenvalue weighted by Gasteiger charge is 2.28. The van der Waals surface area contributed by atoms with Crippen molar-refractivity contribution < 1.29 is 27.5 Å². The van der Waals surface area contributed by atoms with Crippen molar-refractivity contribution in [2.45, 2.75) is 44.2 Å². The van der Waals surface area contributed by atoms with Crippen LogP contribution in [0.4, 0.5) is 0 Å². The van der Waals surface area contributed by atoms with Gasteiger partial charge in [0.05, 0.1) is 36.7 Å². The van der Waals surface area contributed by atoms with Crippen molar-refractivity contribution in [1.82, 2.24) is 9.62 Å². The summed E-state index contributed by atoms with van der Waals surface area (Å²) in [6.07, 6.45) is -0.312. The number of hydrogen-bond donors (Lipinski definition) is 1. The van der Waals surface area contributed by atoms with Crippen molar-refractivity contribution in [3.8, 4) is 0 Å². The predicted molar refractivity (Wildman–Crippen MR) is 123 cm³/mol. The molecule has 1 saturated heterocycles. The van der Waals surface area contributed by atoms with E-state index in [-0.39, 0.29) is 36.1 Å². The summed E-state index contributed by atoms with van der Waals surface area (Å²) in [7, 11) is -3.75. The van der Waals surface area contributed by atoms with E-state index in [9.17, 15) is 18.0 Å². The molecule has 0 spiro atoms. The van der Waals surface area contributed by atoms with Crippen molar-refractivity contribution in [1.29, 1.82) is 0 Å². The summed E-state index contributed by atoms with van der Waals surface area (Å²) in [5.74, 6) is -0.891. The molecule has 1 N–H and O–H groups in total. The number of nitrogens with one attached hydrogen (secondary N) is 1. The van der Waals surface area contributed by atoms with E-state index in [0.29, 0.717) is 18.8 Å². The minimum atomic E-state index is -3.75. The molecule has 0 bridgehead atoms. The van der Waals surface area contributed by atoms with Gasteiger partial charge >= 0.3 is 5.97 Å². The molecule has 9 heteroatoms. The van der Waals surface area contributed by atoms with Crippen LogP contribution in [0.5, 0.6) is 0 Å². The van der Waals surface area contributed by atoms with Gasteiger partial charge in [-0.3, -0.25) is 9.59 Å². The first-order valence-corrected chi connectivity index (χ1v) is 12.4. The molecule has 2 aromatic carbocycles. The molecule has 178 valence electrons. The number of esters is 1. The van der Waals surface area contributed by atoms with Gasteiger partial charge in [-0.1, -0.05) is 36.4 Å². The molecule has 1 aliphatic rings. The van der Waals surface area contributed by atoms with Gasteiger partial charge in [0.1, 0.15) is 0 Å². The lowest BCUT2D eigenvalue weighted by Gasteiger charge is -2.26. The molecule has 3 rings (SSSR count). The number of ether oxygens (including phenoxy) is 2. The highest BCUT2D eigenvalue weighted by Crippen LogP contribution is 2.23. The van der Waals surface area contributed by atoms with Crippen LogP contribution in [0.2, 0.25) is 0 Å². The fraction of sp³-hybridized carbons (Fsp3) is 0.417. The topological polar surface area (TPSA) is 102 Å². The molecular weight excluding hydrogens is 444 g/mol. The Hall–Kier alpha value is -2.75. The number of rotatable bonds is 8. The zero-order valence-corrected chi connectivity index (χ0v) is 19.9. The lowest BCUT2D eigenvalue weighted by atomic mass is 10.0. The molecule has 1 fully saturated rings. The Morgan fingerprint density at radius 3 is 2.39 bits per heavy atom. The van der Waals surface area contributed by atoms with Gasteiger partial charge in [0, 0.05) is 18.7 Å². The average Bonchev–Trinajstić information content (AvgIpc) is 2.79. The average molecular weight is 475 g/mol. The summed E-state index contributed by atoms with van der Waals surface area (Å²) in [6.45, 7) is 6.48. The third-order valence-electron chi connectivity index (χ3n) is 5.31. The molecule has 1 aliphatic heterocycles. The van der Waals surface area contributed by atoms with Gasteiger partial charge in [-0.05, 0) is 44.0 Å². The Labute approximate surface area is 194 Å². The number of aryl methyl sites for hydroxylation is 1. The third-order valence-corrected chi connectivity index (χ3v) is 7.20. The zero-order valence-electron chi connectivity index (χ0n) is 19.1. The van der Waals surface area contributed by atoms with Crippen molar-refractivity contribution in [3.63, 3.8) is 0 Å². The van der Waals surface area contributed by atoms with E-state index in [1.165, 1.54) is 16.4 Å². The molecule has 1 atom stereocenters. The van der Waals surface area contributed by atoms with E-state index >= 15 is 0 Å². The number of morpholine rings is 1. The molecule has 1 heterocycles. The molecule has 2 aromatic rings. The van der Waals surface area contributed by atoms with Gasteiger partial charge in [-0.2, -0.15) is 4.31 Å². The maximum absolute atomic E-state index is 13.2. The summed E-state index contributed by atoms with van der Waals surface area (Å²) in [5.41, 5.74) is 1.62. The van der Waals surface area contributed by atoms with E-state index in [1.54, 1.807) is 26.8 Å². The van der Waals surface area contributed by atoms with Crippen LogP contribution in [0.3, 0.4) is 0 Å². The number of amides is 1. The Balaban J connectivity index is 1.86. The summed E-state index contributed by atoms with van der Waals surface area (Å²) >= 11 is 0. The third kappa shape index (κ3) is 6.40. The molecule has 0 aromatic heterocycles. The van der Waals surface area contributed by atoms with Crippen LogP contribution < -0.4 is 5.32 Å². The summed E-state index contributed by atoms with van der Waals surface area (Å²) in [5, 5.41) is 2.88. The van der Waals surface area contributed by atoms with Gasteiger partial charge < -0.3 is 14.8 Å². The first kappa shape index (κ1) is 24.9. The highest BCUT2D eigenvalue weighted by molar-refractivity contribution is 7.89. The highest BCUT2D eigenvalue weighted by atomic mass is 32.2. The minimum Gasteiger partial charge on any atom is -0.463 e. The predicted octanol–water partition coefficient (Wildman–Crippen LogP) is 2.83. The van der Waals surface area contributed by atoms with E-state index in [1.807, 2.05) is 30.3 Å². The van der Waals surface area contributed by atoms with Gasteiger partial charge in [-0.25, -0.2) is 8.42 Å². The van der Waals surface area contributed by atoms with E-state index in [2.05, 4.69) is 5.32 Å². The standard InChI is InChI=1S/C24H30N2O6S/c1-17(2)32-23(27)16-22(19-7-5-4-6-8-19)25-24(28)21-15-20(10-9-18(21)3)33(29,30)26-11-13-31-14-12-26/h4-10,15,17,22H,11-14,16H2,1-3H3,(H,25,28). The maximum Gasteiger partial charge on any atom is 0.308 e. The largest absolute Gasteiger partial charge is 0.463 e. The summed E-state index contributed by atoms with van der Waals surface area (Å²) in [4.78, 5) is 25.6. The lowest BCUT2D eigenvalue weighted by molar-refractivity contribution is -0.147. The van der Waals surface area contributed by atoms with E-state index in [0.717, 1.165) is 5.56 Å². The SMILES string of the molecule is Cc1ccc(S(=O)(=O)N2CCOCC2)cc1C(=O)NC(CC(=O)OC(C)C)c1ccccc1. The van der Waals surface area contributed by atoms with Crippen LogP contribution in [-0.2, 0) is 24.3 Å². The molecule has 0 aliphatic carbocycles. The van der Waals surface area contributed by atoms with Crippen LogP contribution in [-0.4, -0.2) is 57.0 Å². The molecule has 8 nitrogen and oxygen atoms in total. The molecule has 33 heavy (non-hydrogen) atoms. The van der Waals surface area contributed by atoms with Crippen molar-refractivity contribution in [2.75, 3.05) is 26.3 Å². The molecule has 1 unspecified atom stereocenters. The zero-order chi connectivity index (χ0) is 24.0. The Bertz CT molecular complexity index is 1080. The maximum atomic E-state index is 13.2. The first-order valence-electron chi connectivity index (χ1n) is 10.9. The smallest absolute Gasteiger partial charge is 0.308 e. The number of hydrogen-bond acceptors (Lipinski definition) is 6. The lowest BCUT2D eigenvalue weighted by Crippen LogP contribution is -2.40. The Morgan fingerprint density at radius 1 is 1.09 bits per heavy atom. The quantitative estimate of drug-likeness (QED) is 0.591. The van der Waals surface area contributed by atoms with Gasteiger partial charge in [0.2, 0.25) is 10.0 Å². The molecule has 0 saturated carbocycles.